The molecule has 1 rings (SSSR count). The molecule has 0 spiro atoms. The van der Waals surface area contributed by atoms with Gasteiger partial charge in [0.25, 0.3) is 0 Å². The molecular formula is C15H25N3O. The van der Waals surface area contributed by atoms with Gasteiger partial charge in [-0.3, -0.25) is 9.78 Å². The molecule has 0 atom stereocenters. The second-order valence-electron chi connectivity index (χ2n) is 4.99. The molecule has 1 heterocycles. The van der Waals surface area contributed by atoms with Gasteiger partial charge in [0, 0.05) is 12.7 Å². The normalized spacial score (nSPS) is 11.3. The molecule has 19 heavy (non-hydrogen) atoms. The Hall–Kier alpha value is -1.42. The molecule has 0 aromatic carbocycles. The van der Waals surface area contributed by atoms with Crippen molar-refractivity contribution in [3.05, 3.63) is 30.1 Å². The van der Waals surface area contributed by atoms with Crippen LogP contribution in [0.1, 0.15) is 45.2 Å². The van der Waals surface area contributed by atoms with E-state index in [1.54, 1.807) is 6.20 Å². The van der Waals surface area contributed by atoms with Crippen LogP contribution in [0.4, 0.5) is 0 Å². The van der Waals surface area contributed by atoms with Gasteiger partial charge in [0.1, 0.15) is 0 Å². The zero-order chi connectivity index (χ0) is 14.1. The Kier molecular flexibility index (Phi) is 6.50. The first-order chi connectivity index (χ1) is 9.18. The van der Waals surface area contributed by atoms with Crippen LogP contribution in [0.2, 0.25) is 0 Å². The molecule has 0 fully saturated rings. The third kappa shape index (κ3) is 4.31. The van der Waals surface area contributed by atoms with Crippen molar-refractivity contribution in [2.45, 2.75) is 46.1 Å². The average Bonchev–Trinajstić information content (AvgIpc) is 2.45. The van der Waals surface area contributed by atoms with Crippen LogP contribution in [0.15, 0.2) is 24.4 Å². The minimum absolute atomic E-state index is 0.0596. The van der Waals surface area contributed by atoms with Gasteiger partial charge in [0.15, 0.2) is 0 Å². The number of pyridine rings is 1. The standard InChI is InChI=1S/C15H25N3O/c1-3-8-15(12-16,9-4-2)14(19)18-11-13-7-5-6-10-17-13/h5-7,10H,3-4,8-9,11-12,16H2,1-2H3,(H,18,19). The Labute approximate surface area is 115 Å². The summed E-state index contributed by atoms with van der Waals surface area (Å²) in [5.41, 5.74) is 6.33. The van der Waals surface area contributed by atoms with E-state index >= 15 is 0 Å². The van der Waals surface area contributed by atoms with Crippen LogP contribution in [0.25, 0.3) is 0 Å². The average molecular weight is 263 g/mol. The largest absolute Gasteiger partial charge is 0.350 e. The van der Waals surface area contributed by atoms with Gasteiger partial charge in [0.05, 0.1) is 17.7 Å². The maximum atomic E-state index is 12.4. The number of hydrogen-bond acceptors (Lipinski definition) is 3. The van der Waals surface area contributed by atoms with E-state index in [9.17, 15) is 4.79 Å². The van der Waals surface area contributed by atoms with E-state index in [0.717, 1.165) is 31.4 Å². The van der Waals surface area contributed by atoms with Crippen LogP contribution in [0, 0.1) is 5.41 Å². The lowest BCUT2D eigenvalue weighted by atomic mass is 9.78. The molecule has 1 aromatic rings. The van der Waals surface area contributed by atoms with Gasteiger partial charge in [-0.15, -0.1) is 0 Å². The summed E-state index contributed by atoms with van der Waals surface area (Å²) in [6.45, 7) is 5.05. The molecule has 0 saturated heterocycles. The molecular weight excluding hydrogens is 238 g/mol. The molecule has 0 unspecified atom stereocenters. The van der Waals surface area contributed by atoms with Gasteiger partial charge in [-0.1, -0.05) is 32.8 Å². The van der Waals surface area contributed by atoms with Crippen molar-refractivity contribution in [2.75, 3.05) is 6.54 Å². The van der Waals surface area contributed by atoms with Gasteiger partial charge in [-0.25, -0.2) is 0 Å². The predicted molar refractivity (Wildman–Crippen MR) is 77.4 cm³/mol. The SMILES string of the molecule is CCCC(CN)(CCC)C(=O)NCc1ccccn1. The van der Waals surface area contributed by atoms with E-state index in [1.807, 2.05) is 18.2 Å². The molecule has 0 aliphatic carbocycles. The number of carbonyl (C=O) groups excluding carboxylic acids is 1. The molecule has 0 aliphatic rings. The number of rotatable bonds is 8. The van der Waals surface area contributed by atoms with E-state index in [0.29, 0.717) is 13.1 Å². The highest BCUT2D eigenvalue weighted by molar-refractivity contribution is 5.82. The summed E-state index contributed by atoms with van der Waals surface area (Å²) in [5.74, 6) is 0.0596. The summed E-state index contributed by atoms with van der Waals surface area (Å²) in [6.07, 6.45) is 5.34. The Morgan fingerprint density at radius 1 is 1.32 bits per heavy atom. The van der Waals surface area contributed by atoms with Gasteiger partial charge in [-0.2, -0.15) is 0 Å². The Balaban J connectivity index is 2.66. The van der Waals surface area contributed by atoms with Gasteiger partial charge in [-0.05, 0) is 25.0 Å². The van der Waals surface area contributed by atoms with Crippen molar-refractivity contribution in [1.29, 1.82) is 0 Å². The molecule has 0 aliphatic heterocycles. The Morgan fingerprint density at radius 2 is 2.00 bits per heavy atom. The van der Waals surface area contributed by atoms with Crippen molar-refractivity contribution >= 4 is 5.91 Å². The quantitative estimate of drug-likeness (QED) is 0.756. The maximum absolute atomic E-state index is 12.4. The van der Waals surface area contributed by atoms with Crippen molar-refractivity contribution < 1.29 is 4.79 Å². The fraction of sp³-hybridized carbons (Fsp3) is 0.600. The van der Waals surface area contributed by atoms with Crippen molar-refractivity contribution in [3.8, 4) is 0 Å². The smallest absolute Gasteiger partial charge is 0.227 e. The highest BCUT2D eigenvalue weighted by atomic mass is 16.2. The molecule has 0 bridgehead atoms. The molecule has 106 valence electrons. The molecule has 1 aromatic heterocycles. The lowest BCUT2D eigenvalue weighted by Gasteiger charge is -2.30. The summed E-state index contributed by atoms with van der Waals surface area (Å²) < 4.78 is 0. The summed E-state index contributed by atoms with van der Waals surface area (Å²) in [4.78, 5) is 16.6. The number of amides is 1. The van der Waals surface area contributed by atoms with Crippen LogP contribution < -0.4 is 11.1 Å². The first kappa shape index (κ1) is 15.6. The number of nitrogens with zero attached hydrogens (tertiary/aromatic N) is 1. The molecule has 1 amide bonds. The summed E-state index contributed by atoms with van der Waals surface area (Å²) >= 11 is 0. The molecule has 0 radical (unpaired) electrons. The van der Waals surface area contributed by atoms with Gasteiger partial charge >= 0.3 is 0 Å². The predicted octanol–water partition coefficient (Wildman–Crippen LogP) is 2.24. The zero-order valence-electron chi connectivity index (χ0n) is 12.0. The van der Waals surface area contributed by atoms with Gasteiger partial charge < -0.3 is 11.1 Å². The van der Waals surface area contributed by atoms with Crippen molar-refractivity contribution in [1.82, 2.24) is 10.3 Å². The molecule has 4 heteroatoms. The minimum atomic E-state index is -0.418. The number of nitrogens with one attached hydrogen (secondary N) is 1. The van der Waals surface area contributed by atoms with E-state index < -0.39 is 5.41 Å². The fourth-order valence-electron chi connectivity index (χ4n) is 2.47. The number of nitrogens with two attached hydrogens (primary N) is 1. The summed E-state index contributed by atoms with van der Waals surface area (Å²) in [6, 6.07) is 5.69. The van der Waals surface area contributed by atoms with Crippen LogP contribution >= 0.6 is 0 Å². The first-order valence-corrected chi connectivity index (χ1v) is 7.06. The third-order valence-corrected chi connectivity index (χ3v) is 3.49. The molecule has 0 saturated carbocycles. The highest BCUT2D eigenvalue weighted by Crippen LogP contribution is 2.29. The van der Waals surface area contributed by atoms with Crippen LogP contribution in [0.3, 0.4) is 0 Å². The number of carbonyl (C=O) groups is 1. The lowest BCUT2D eigenvalue weighted by Crippen LogP contribution is -2.45. The van der Waals surface area contributed by atoms with Gasteiger partial charge in [0.2, 0.25) is 5.91 Å². The third-order valence-electron chi connectivity index (χ3n) is 3.49. The van der Waals surface area contributed by atoms with Crippen LogP contribution in [0.5, 0.6) is 0 Å². The Bertz CT molecular complexity index is 372. The lowest BCUT2D eigenvalue weighted by molar-refractivity contribution is -0.131. The Morgan fingerprint density at radius 3 is 2.47 bits per heavy atom. The monoisotopic (exact) mass is 263 g/mol. The summed E-state index contributed by atoms with van der Waals surface area (Å²) in [5, 5.41) is 2.98. The maximum Gasteiger partial charge on any atom is 0.227 e. The van der Waals surface area contributed by atoms with Crippen molar-refractivity contribution in [2.24, 2.45) is 11.1 Å². The highest BCUT2D eigenvalue weighted by Gasteiger charge is 2.34. The van der Waals surface area contributed by atoms with E-state index in [2.05, 4.69) is 24.1 Å². The minimum Gasteiger partial charge on any atom is -0.350 e. The van der Waals surface area contributed by atoms with Crippen LogP contribution in [-0.4, -0.2) is 17.4 Å². The molecule has 4 nitrogen and oxygen atoms in total. The second kappa shape index (κ2) is 7.89. The number of hydrogen-bond donors (Lipinski definition) is 2. The number of aromatic nitrogens is 1. The van der Waals surface area contributed by atoms with E-state index in [4.69, 9.17) is 5.73 Å². The molecule has 3 N–H and O–H groups in total. The van der Waals surface area contributed by atoms with E-state index in [-0.39, 0.29) is 5.91 Å². The fourth-order valence-corrected chi connectivity index (χ4v) is 2.47. The first-order valence-electron chi connectivity index (χ1n) is 7.06. The van der Waals surface area contributed by atoms with Crippen molar-refractivity contribution in [3.63, 3.8) is 0 Å². The summed E-state index contributed by atoms with van der Waals surface area (Å²) in [7, 11) is 0. The van der Waals surface area contributed by atoms with E-state index in [1.165, 1.54) is 0 Å². The topological polar surface area (TPSA) is 68.0 Å². The zero-order valence-corrected chi connectivity index (χ0v) is 12.0. The van der Waals surface area contributed by atoms with Crippen LogP contribution in [-0.2, 0) is 11.3 Å². The second-order valence-corrected chi connectivity index (χ2v) is 4.99.